The Balaban J connectivity index is 1.91. The molecule has 3 heteroatoms. The molecular weight excluding hydrogens is 204 g/mol. The first-order chi connectivity index (χ1) is 7.43. The van der Waals surface area contributed by atoms with E-state index in [0.717, 1.165) is 5.69 Å². The molecule has 2 aromatic rings. The number of thioether (sulfide) groups is 1. The van der Waals surface area contributed by atoms with Crippen molar-refractivity contribution >= 4 is 17.4 Å². The summed E-state index contributed by atoms with van der Waals surface area (Å²) < 4.78 is 0. The lowest BCUT2D eigenvalue weighted by atomic mass is 10.3. The Hall–Kier alpha value is -1.48. The molecule has 0 bridgehead atoms. The highest BCUT2D eigenvalue weighted by Crippen LogP contribution is 2.45. The first-order valence-corrected chi connectivity index (χ1v) is 5.74. The molecule has 1 aromatic carbocycles. The molecule has 1 N–H and O–H groups in total. The van der Waals surface area contributed by atoms with E-state index in [9.17, 15) is 0 Å². The summed E-state index contributed by atoms with van der Waals surface area (Å²) in [5.41, 5.74) is 2.29. The molecule has 0 saturated heterocycles. The standard InChI is InChI=1S/C12H10N2S/c1-2-7-11-9(5-1)14-12(15-11)10-6-3-4-8-13-10/h1-8,12,14H. The zero-order valence-electron chi connectivity index (χ0n) is 8.05. The molecule has 2 nitrogen and oxygen atoms in total. The maximum absolute atomic E-state index is 4.36. The molecular formula is C12H10N2S. The molecule has 1 aliphatic heterocycles. The Bertz CT molecular complexity index is 445. The van der Waals surface area contributed by atoms with Gasteiger partial charge in [0.05, 0.1) is 5.69 Å². The van der Waals surface area contributed by atoms with Crippen LogP contribution in [0.15, 0.2) is 53.6 Å². The van der Waals surface area contributed by atoms with Gasteiger partial charge in [-0.1, -0.05) is 30.0 Å². The molecule has 0 aliphatic carbocycles. The van der Waals surface area contributed by atoms with Gasteiger partial charge < -0.3 is 5.32 Å². The van der Waals surface area contributed by atoms with Gasteiger partial charge in [0.25, 0.3) is 0 Å². The van der Waals surface area contributed by atoms with Gasteiger partial charge in [-0.3, -0.25) is 4.98 Å². The van der Waals surface area contributed by atoms with Gasteiger partial charge in [-0.2, -0.15) is 0 Å². The number of pyridine rings is 1. The van der Waals surface area contributed by atoms with E-state index in [1.165, 1.54) is 10.6 Å². The fraction of sp³-hybridized carbons (Fsp3) is 0.0833. The Morgan fingerprint density at radius 1 is 1.07 bits per heavy atom. The van der Waals surface area contributed by atoms with E-state index in [4.69, 9.17) is 0 Å². The summed E-state index contributed by atoms with van der Waals surface area (Å²) in [6.45, 7) is 0. The number of para-hydroxylation sites is 1. The molecule has 0 fully saturated rings. The second kappa shape index (κ2) is 3.59. The quantitative estimate of drug-likeness (QED) is 0.788. The summed E-state index contributed by atoms with van der Waals surface area (Å²) in [4.78, 5) is 5.66. The second-order valence-corrected chi connectivity index (χ2v) is 4.54. The van der Waals surface area contributed by atoms with Crippen LogP contribution in [0.25, 0.3) is 0 Å². The van der Waals surface area contributed by atoms with E-state index in [1.54, 1.807) is 0 Å². The van der Waals surface area contributed by atoms with Crippen molar-refractivity contribution in [2.24, 2.45) is 0 Å². The number of anilines is 1. The highest BCUT2D eigenvalue weighted by Gasteiger charge is 2.22. The first-order valence-electron chi connectivity index (χ1n) is 4.87. The normalized spacial score (nSPS) is 18.3. The largest absolute Gasteiger partial charge is 0.367 e. The lowest BCUT2D eigenvalue weighted by molar-refractivity contribution is 1.03. The predicted molar refractivity (Wildman–Crippen MR) is 62.9 cm³/mol. The van der Waals surface area contributed by atoms with Crippen LogP contribution in [-0.2, 0) is 0 Å². The fourth-order valence-corrected chi connectivity index (χ4v) is 2.76. The highest BCUT2D eigenvalue weighted by molar-refractivity contribution is 8.00. The summed E-state index contributed by atoms with van der Waals surface area (Å²) in [5, 5.41) is 3.70. The highest BCUT2D eigenvalue weighted by atomic mass is 32.2. The van der Waals surface area contributed by atoms with Crippen LogP contribution in [0.4, 0.5) is 5.69 Å². The Labute approximate surface area is 92.7 Å². The van der Waals surface area contributed by atoms with Crippen molar-refractivity contribution in [1.82, 2.24) is 4.98 Å². The maximum atomic E-state index is 4.36. The summed E-state index contributed by atoms with van der Waals surface area (Å²) in [7, 11) is 0. The van der Waals surface area contributed by atoms with Gasteiger partial charge in [-0.15, -0.1) is 0 Å². The topological polar surface area (TPSA) is 24.9 Å². The molecule has 15 heavy (non-hydrogen) atoms. The van der Waals surface area contributed by atoms with Crippen molar-refractivity contribution in [2.45, 2.75) is 10.3 Å². The van der Waals surface area contributed by atoms with Crippen molar-refractivity contribution in [3.63, 3.8) is 0 Å². The average molecular weight is 214 g/mol. The van der Waals surface area contributed by atoms with E-state index >= 15 is 0 Å². The van der Waals surface area contributed by atoms with Gasteiger partial charge in [-0.05, 0) is 24.3 Å². The number of hydrogen-bond donors (Lipinski definition) is 1. The molecule has 0 spiro atoms. The minimum atomic E-state index is 0.253. The molecule has 1 atom stereocenters. The summed E-state index contributed by atoms with van der Waals surface area (Å²) >= 11 is 1.82. The van der Waals surface area contributed by atoms with Crippen LogP contribution < -0.4 is 5.32 Å². The summed E-state index contributed by atoms with van der Waals surface area (Å²) in [6, 6.07) is 14.4. The Kier molecular flexibility index (Phi) is 2.10. The van der Waals surface area contributed by atoms with Gasteiger partial charge in [0.15, 0.2) is 0 Å². The van der Waals surface area contributed by atoms with Gasteiger partial charge in [-0.25, -0.2) is 0 Å². The smallest absolute Gasteiger partial charge is 0.120 e. The van der Waals surface area contributed by atoms with Crippen LogP contribution in [0.3, 0.4) is 0 Å². The third kappa shape index (κ3) is 1.59. The molecule has 0 radical (unpaired) electrons. The zero-order valence-corrected chi connectivity index (χ0v) is 8.87. The van der Waals surface area contributed by atoms with Crippen LogP contribution in [0.1, 0.15) is 11.1 Å². The number of rotatable bonds is 1. The maximum Gasteiger partial charge on any atom is 0.120 e. The lowest BCUT2D eigenvalue weighted by Gasteiger charge is -2.08. The van der Waals surface area contributed by atoms with E-state index in [1.807, 2.05) is 36.2 Å². The third-order valence-electron chi connectivity index (χ3n) is 2.37. The Morgan fingerprint density at radius 3 is 2.73 bits per heavy atom. The molecule has 0 amide bonds. The lowest BCUT2D eigenvalue weighted by Crippen LogP contribution is -2.02. The third-order valence-corrected chi connectivity index (χ3v) is 3.58. The summed E-state index contributed by atoms with van der Waals surface area (Å²) in [6.07, 6.45) is 1.83. The molecule has 1 unspecified atom stereocenters. The van der Waals surface area contributed by atoms with E-state index in [0.29, 0.717) is 0 Å². The van der Waals surface area contributed by atoms with Crippen molar-refractivity contribution < 1.29 is 0 Å². The van der Waals surface area contributed by atoms with Gasteiger partial charge in [0, 0.05) is 16.8 Å². The number of fused-ring (bicyclic) bond motifs is 1. The van der Waals surface area contributed by atoms with Crippen molar-refractivity contribution in [2.75, 3.05) is 5.32 Å². The predicted octanol–water partition coefficient (Wildman–Crippen LogP) is 3.30. The molecule has 3 rings (SSSR count). The van der Waals surface area contributed by atoms with Crippen molar-refractivity contribution in [3.8, 4) is 0 Å². The molecule has 74 valence electrons. The number of nitrogens with zero attached hydrogens (tertiary/aromatic N) is 1. The fourth-order valence-electron chi connectivity index (χ4n) is 1.65. The minimum absolute atomic E-state index is 0.253. The first kappa shape index (κ1) is 8.80. The van der Waals surface area contributed by atoms with Crippen LogP contribution in [0, 0.1) is 0 Å². The number of benzene rings is 1. The van der Waals surface area contributed by atoms with E-state index in [-0.39, 0.29) is 5.37 Å². The van der Waals surface area contributed by atoms with Gasteiger partial charge >= 0.3 is 0 Å². The molecule has 1 aliphatic rings. The van der Waals surface area contributed by atoms with E-state index < -0.39 is 0 Å². The second-order valence-electron chi connectivity index (χ2n) is 3.39. The van der Waals surface area contributed by atoms with Crippen LogP contribution in [0.2, 0.25) is 0 Å². The molecule has 2 heterocycles. The zero-order chi connectivity index (χ0) is 10.1. The molecule has 0 saturated carbocycles. The molecule has 1 aromatic heterocycles. The van der Waals surface area contributed by atoms with Crippen LogP contribution in [0.5, 0.6) is 0 Å². The van der Waals surface area contributed by atoms with Crippen LogP contribution >= 0.6 is 11.8 Å². The van der Waals surface area contributed by atoms with Gasteiger partial charge in [0.2, 0.25) is 0 Å². The minimum Gasteiger partial charge on any atom is -0.367 e. The van der Waals surface area contributed by atoms with Crippen LogP contribution in [-0.4, -0.2) is 4.98 Å². The van der Waals surface area contributed by atoms with E-state index in [2.05, 4.69) is 34.6 Å². The Morgan fingerprint density at radius 2 is 1.93 bits per heavy atom. The monoisotopic (exact) mass is 214 g/mol. The number of aromatic nitrogens is 1. The number of nitrogens with one attached hydrogen (secondary N) is 1. The average Bonchev–Trinajstić information content (AvgIpc) is 2.74. The number of hydrogen-bond acceptors (Lipinski definition) is 3. The van der Waals surface area contributed by atoms with Crippen molar-refractivity contribution in [3.05, 3.63) is 54.4 Å². The van der Waals surface area contributed by atoms with Gasteiger partial charge in [0.1, 0.15) is 5.37 Å². The SMILES string of the molecule is c1ccc(C2Nc3ccccc3S2)nc1. The summed E-state index contributed by atoms with van der Waals surface area (Å²) in [5.74, 6) is 0. The van der Waals surface area contributed by atoms with Crippen molar-refractivity contribution in [1.29, 1.82) is 0 Å².